The van der Waals surface area contributed by atoms with Crippen LogP contribution in [0, 0.1) is 11.3 Å². The Morgan fingerprint density at radius 1 is 1.09 bits per heavy atom. The molecule has 1 aliphatic rings. The van der Waals surface area contributed by atoms with Gasteiger partial charge in [0.25, 0.3) is 23.5 Å². The summed E-state index contributed by atoms with van der Waals surface area (Å²) in [6, 6.07) is 0. The minimum atomic E-state index is -5.92. The number of amides is 2. The molecule has 1 aliphatic heterocycles. The molecule has 2 amide bonds. The third-order valence-electron chi connectivity index (χ3n) is 7.45. The number of ether oxygens (including phenoxy) is 1. The molecule has 0 spiro atoms. The number of imidazole rings is 1. The van der Waals surface area contributed by atoms with E-state index in [2.05, 4.69) is 43.5 Å². The van der Waals surface area contributed by atoms with E-state index in [0.29, 0.717) is 11.8 Å². The number of hydrogen-bond donors (Lipinski definition) is 7. The van der Waals surface area contributed by atoms with Crippen LogP contribution in [-0.4, -0.2) is 119 Å². The van der Waals surface area contributed by atoms with Gasteiger partial charge in [-0.3, -0.25) is 37.4 Å². The molecule has 8 N–H and O–H groups in total. The molecule has 310 valence electrons. The number of anilines is 1. The van der Waals surface area contributed by atoms with Crippen molar-refractivity contribution < 1.29 is 109 Å². The summed E-state index contributed by atoms with van der Waals surface area (Å²) in [7, 11) is -17.4. The fraction of sp³-hybridized carbons (Fsp3) is 0.640. The van der Waals surface area contributed by atoms with Gasteiger partial charge in [0.1, 0.15) is 42.2 Å². The van der Waals surface area contributed by atoms with Crippen molar-refractivity contribution in [1.82, 2.24) is 30.2 Å². The van der Waals surface area contributed by atoms with Crippen LogP contribution in [0.25, 0.3) is 11.2 Å². The number of phosphoric acid groups is 3. The average molecular weight is 872 g/mol. The van der Waals surface area contributed by atoms with E-state index < -0.39 is 102 Å². The van der Waals surface area contributed by atoms with Gasteiger partial charge in [0, 0.05) is 30.7 Å². The molecular weight excluding hydrogens is 834 g/mol. The van der Waals surface area contributed by atoms with E-state index in [0.717, 1.165) is 17.2 Å². The van der Waals surface area contributed by atoms with Crippen molar-refractivity contribution in [3.05, 3.63) is 12.7 Å². The van der Waals surface area contributed by atoms with Crippen molar-refractivity contribution in [3.8, 4) is 0 Å². The summed E-state index contributed by atoms with van der Waals surface area (Å²) in [4.78, 5) is 104. The zero-order chi connectivity index (χ0) is 41.5. The van der Waals surface area contributed by atoms with Gasteiger partial charge in [0.2, 0.25) is 16.9 Å². The van der Waals surface area contributed by atoms with Crippen LogP contribution in [0.15, 0.2) is 12.7 Å². The van der Waals surface area contributed by atoms with Crippen LogP contribution in [-0.2, 0) is 55.5 Å². The van der Waals surface area contributed by atoms with Crippen LogP contribution in [0.2, 0.25) is 0 Å². The Hall–Kier alpha value is -2.37. The summed E-state index contributed by atoms with van der Waals surface area (Å²) in [6.45, 7) is 0.993. The SMILES string of the molecule is CC(C(=O)O)C(=O)SCCNC(=O)CCNC(=O)C(O)C(C)(C)COP(=O)([O-])OP(=O)([O-])OCC1OC(n2cnc3c(N)ncnc32)C(O)C1OP(=O)([O-])O.[Li+]. The van der Waals surface area contributed by atoms with E-state index in [4.69, 9.17) is 15.6 Å². The number of nitrogens with zero attached hydrogens (tertiary/aromatic N) is 4. The van der Waals surface area contributed by atoms with Crippen molar-refractivity contribution >= 4 is 75.1 Å². The Balaban J connectivity index is 0.0000108. The van der Waals surface area contributed by atoms with Crippen LogP contribution in [0.3, 0.4) is 0 Å². The first-order chi connectivity index (χ1) is 25.3. The molecular formula is C25H37LiN7O19P3S-2. The summed E-state index contributed by atoms with van der Waals surface area (Å²) in [6.07, 6.45) is -7.59. The van der Waals surface area contributed by atoms with Gasteiger partial charge >= 0.3 is 24.8 Å². The molecule has 2 aromatic heterocycles. The largest absolute Gasteiger partial charge is 1.00 e. The number of rotatable bonds is 21. The zero-order valence-electron chi connectivity index (χ0n) is 29.9. The van der Waals surface area contributed by atoms with Crippen LogP contribution < -0.4 is 49.9 Å². The topological polar surface area (TPSA) is 409 Å². The number of aromatic nitrogens is 4. The minimum Gasteiger partial charge on any atom is -0.756 e. The van der Waals surface area contributed by atoms with E-state index in [1.165, 1.54) is 20.8 Å². The summed E-state index contributed by atoms with van der Waals surface area (Å²) < 4.78 is 60.6. The van der Waals surface area contributed by atoms with E-state index in [1.807, 2.05) is 0 Å². The van der Waals surface area contributed by atoms with Crippen molar-refractivity contribution in [1.29, 1.82) is 0 Å². The Morgan fingerprint density at radius 2 is 1.73 bits per heavy atom. The second-order valence-electron chi connectivity index (χ2n) is 12.2. The molecule has 0 bridgehead atoms. The summed E-state index contributed by atoms with van der Waals surface area (Å²) >= 11 is 0.716. The van der Waals surface area contributed by atoms with Crippen LogP contribution in [0.5, 0.6) is 0 Å². The van der Waals surface area contributed by atoms with Gasteiger partial charge in [-0.15, -0.1) is 0 Å². The van der Waals surface area contributed by atoms with Crippen LogP contribution >= 0.6 is 35.2 Å². The molecule has 0 aromatic carbocycles. The van der Waals surface area contributed by atoms with Crippen LogP contribution in [0.4, 0.5) is 5.82 Å². The number of hydrogen-bond acceptors (Lipinski definition) is 22. The predicted molar refractivity (Wildman–Crippen MR) is 177 cm³/mol. The monoisotopic (exact) mass is 871 g/mol. The number of carboxylic acid groups (broad SMARTS) is 1. The van der Waals surface area contributed by atoms with Gasteiger partial charge in [0.15, 0.2) is 17.7 Å². The molecule has 1 fully saturated rings. The first kappa shape index (κ1) is 49.8. The predicted octanol–water partition coefficient (Wildman–Crippen LogP) is -6.51. The second-order valence-corrected chi connectivity index (χ2v) is 17.4. The van der Waals surface area contributed by atoms with Gasteiger partial charge in [-0.25, -0.2) is 19.3 Å². The van der Waals surface area contributed by atoms with Gasteiger partial charge in [-0.2, -0.15) is 0 Å². The number of thioether (sulfide) groups is 1. The van der Waals surface area contributed by atoms with Gasteiger partial charge < -0.3 is 69.6 Å². The summed E-state index contributed by atoms with van der Waals surface area (Å²) in [5.41, 5.74) is 4.04. The first-order valence-corrected chi connectivity index (χ1v) is 21.0. The van der Waals surface area contributed by atoms with Gasteiger partial charge in [-0.05, 0) is 6.92 Å². The zero-order valence-corrected chi connectivity index (χ0v) is 33.4. The van der Waals surface area contributed by atoms with Crippen molar-refractivity contribution in [2.24, 2.45) is 11.3 Å². The van der Waals surface area contributed by atoms with E-state index in [1.54, 1.807) is 0 Å². The molecule has 3 heterocycles. The molecule has 26 nitrogen and oxygen atoms in total. The van der Waals surface area contributed by atoms with Crippen LogP contribution in [0.1, 0.15) is 33.4 Å². The number of carboxylic acids is 1. The maximum absolute atomic E-state index is 12.5. The summed E-state index contributed by atoms with van der Waals surface area (Å²) in [5.74, 6) is -4.12. The number of carbonyl (C=O) groups is 4. The number of phosphoric ester groups is 3. The molecule has 0 saturated carbocycles. The summed E-state index contributed by atoms with van der Waals surface area (Å²) in [5, 5.41) is 34.2. The standard InChI is InChI=1S/C25H40N7O19P3S.Li/c1-12(23(37)38)24(39)55-7-6-27-14(33)4-5-28-21(36)18(35)25(2,3)9-48-54(45,46)51-53(43,44)47-8-13-17(50-52(40,41)42)16(34)22(49-13)32-11-31-15-19(26)29-10-30-20(15)32;/h10-13,16-18,22,34-35H,4-9H2,1-3H3,(H,27,33)(H,28,36)(H,37,38)(H,43,44)(H,45,46)(H2,26,29,30)(H2,40,41,42);/q;+1/p-3. The van der Waals surface area contributed by atoms with E-state index in [-0.39, 0.29) is 61.1 Å². The third kappa shape index (κ3) is 14.5. The molecule has 56 heavy (non-hydrogen) atoms. The Labute approximate surface area is 333 Å². The smallest absolute Gasteiger partial charge is 0.756 e. The molecule has 3 rings (SSSR count). The van der Waals surface area contributed by atoms with Crippen molar-refractivity contribution in [2.75, 3.05) is 37.8 Å². The van der Waals surface area contributed by atoms with E-state index in [9.17, 15) is 62.7 Å². The third-order valence-corrected chi connectivity index (χ3v) is 11.5. The maximum atomic E-state index is 12.5. The van der Waals surface area contributed by atoms with Crippen molar-refractivity contribution in [3.63, 3.8) is 0 Å². The molecule has 9 atom stereocenters. The number of nitrogens with two attached hydrogens (primary N) is 1. The Morgan fingerprint density at radius 3 is 2.36 bits per heavy atom. The first-order valence-electron chi connectivity index (χ1n) is 15.6. The van der Waals surface area contributed by atoms with Gasteiger partial charge in [0.05, 0.1) is 19.5 Å². The molecule has 31 heteroatoms. The number of aliphatic hydroxyl groups is 2. The Bertz CT molecular complexity index is 1870. The average Bonchev–Trinajstić information content (AvgIpc) is 3.64. The Kier molecular flexibility index (Phi) is 18.3. The normalized spacial score (nSPS) is 22.8. The number of aliphatic carboxylic acids is 1. The molecule has 2 aromatic rings. The maximum Gasteiger partial charge on any atom is 1.00 e. The number of nitrogens with one attached hydrogen (secondary N) is 2. The number of carbonyl (C=O) groups excluding carboxylic acids is 3. The molecule has 1 saturated heterocycles. The second kappa shape index (κ2) is 20.5. The fourth-order valence-corrected chi connectivity index (χ4v) is 7.99. The molecule has 9 unspecified atom stereocenters. The van der Waals surface area contributed by atoms with E-state index >= 15 is 0 Å². The molecule has 0 radical (unpaired) electrons. The minimum absolute atomic E-state index is 0. The van der Waals surface area contributed by atoms with Gasteiger partial charge in [-0.1, -0.05) is 25.6 Å². The molecule has 0 aliphatic carbocycles. The number of fused-ring (bicyclic) bond motifs is 1. The fourth-order valence-electron chi connectivity index (χ4n) is 4.49. The van der Waals surface area contributed by atoms with Crippen molar-refractivity contribution in [2.45, 2.75) is 57.8 Å². The quantitative estimate of drug-likeness (QED) is 0.0265. The number of aliphatic hydroxyl groups excluding tert-OH is 2. The number of nitrogen functional groups attached to an aromatic ring is 1.